The van der Waals surface area contributed by atoms with E-state index >= 15 is 0 Å². The van der Waals surface area contributed by atoms with Gasteiger partial charge in [-0.15, -0.1) is 0 Å². The molecule has 2 rings (SSSR count). The molecule has 2 amide bonds. The molecular weight excluding hydrogens is 440 g/mol. The van der Waals surface area contributed by atoms with Gasteiger partial charge in [0.1, 0.15) is 13.2 Å². The second-order valence-electron chi connectivity index (χ2n) is 6.61. The molecule has 10 nitrogen and oxygen atoms in total. The minimum Gasteiger partial charge on any atom is -0.467 e. The lowest BCUT2D eigenvalue weighted by Crippen LogP contribution is -2.48. The van der Waals surface area contributed by atoms with Crippen molar-refractivity contribution in [1.82, 2.24) is 10.6 Å². The van der Waals surface area contributed by atoms with Crippen molar-refractivity contribution >= 4 is 28.1 Å². The highest BCUT2D eigenvalue weighted by Crippen LogP contribution is 2.13. The van der Waals surface area contributed by atoms with Gasteiger partial charge in [-0.05, 0) is 24.6 Å². The smallest absolute Gasteiger partial charge is 0.407 e. The maximum Gasteiger partial charge on any atom is 0.407 e. The van der Waals surface area contributed by atoms with Crippen LogP contribution < -0.4 is 10.6 Å². The lowest BCUT2D eigenvalue weighted by molar-refractivity contribution is -0.145. The molecule has 0 spiro atoms. The Morgan fingerprint density at radius 1 is 1.00 bits per heavy atom. The lowest BCUT2D eigenvalue weighted by Gasteiger charge is -2.17. The van der Waals surface area contributed by atoms with Crippen molar-refractivity contribution in [2.45, 2.75) is 24.5 Å². The Balaban J connectivity index is 1.85. The van der Waals surface area contributed by atoms with Gasteiger partial charge in [-0.1, -0.05) is 48.0 Å². The summed E-state index contributed by atoms with van der Waals surface area (Å²) < 4.78 is 39.0. The molecule has 2 aromatic carbocycles. The highest BCUT2D eigenvalue weighted by atomic mass is 32.2. The largest absolute Gasteiger partial charge is 0.467 e. The zero-order chi connectivity index (χ0) is 23.6. The number of methoxy groups -OCH3 is 1. The molecule has 0 aromatic heterocycles. The van der Waals surface area contributed by atoms with Crippen LogP contribution in [0.1, 0.15) is 11.1 Å². The van der Waals surface area contributed by atoms with E-state index < -0.39 is 47.3 Å². The van der Waals surface area contributed by atoms with Crippen molar-refractivity contribution in [3.63, 3.8) is 0 Å². The Bertz CT molecular complexity index is 1020. The third kappa shape index (κ3) is 8.00. The molecule has 0 heterocycles. The average Bonchev–Trinajstić information content (AvgIpc) is 2.79. The van der Waals surface area contributed by atoms with Crippen LogP contribution >= 0.6 is 0 Å². The Labute approximate surface area is 186 Å². The molecular formula is C21H24N2O8S. The molecule has 0 bridgehead atoms. The van der Waals surface area contributed by atoms with E-state index in [-0.39, 0.29) is 11.5 Å². The Hall–Kier alpha value is -3.44. The summed E-state index contributed by atoms with van der Waals surface area (Å²) in [6.45, 7) is 0.619. The Kier molecular flexibility index (Phi) is 9.17. The van der Waals surface area contributed by atoms with Crippen LogP contribution in [0.25, 0.3) is 0 Å². The first-order valence-corrected chi connectivity index (χ1v) is 10.9. The molecule has 0 aliphatic heterocycles. The second kappa shape index (κ2) is 11.8. The van der Waals surface area contributed by atoms with Crippen molar-refractivity contribution in [3.05, 3.63) is 65.7 Å². The van der Waals surface area contributed by atoms with Crippen LogP contribution in [0, 0.1) is 6.92 Å². The number of rotatable bonds is 10. The summed E-state index contributed by atoms with van der Waals surface area (Å²) in [5.74, 6) is -1.68. The van der Waals surface area contributed by atoms with E-state index in [0.717, 1.165) is 18.2 Å². The molecule has 0 aliphatic carbocycles. The molecule has 0 fully saturated rings. The topological polar surface area (TPSA) is 137 Å². The van der Waals surface area contributed by atoms with Crippen LogP contribution in [0.3, 0.4) is 0 Å². The van der Waals surface area contributed by atoms with E-state index in [1.807, 2.05) is 6.07 Å². The second-order valence-corrected chi connectivity index (χ2v) is 8.23. The standard InChI is InChI=1S/C21H24N2O8S/c1-15-8-10-17(11-9-15)32(27,28)31-14-18(20(25)29-2)23-19(24)12-22-21(26)30-13-16-6-4-3-5-7-16/h3-11,18H,12-14H2,1-2H3,(H,22,26)(H,23,24)/t18-/m0/s1. The molecule has 0 saturated heterocycles. The summed E-state index contributed by atoms with van der Waals surface area (Å²) in [5.41, 5.74) is 1.63. The van der Waals surface area contributed by atoms with Crippen LogP contribution in [-0.4, -0.2) is 52.7 Å². The molecule has 0 aliphatic rings. The Morgan fingerprint density at radius 3 is 2.28 bits per heavy atom. The molecule has 2 aromatic rings. The molecule has 11 heteroatoms. The zero-order valence-electron chi connectivity index (χ0n) is 17.6. The van der Waals surface area contributed by atoms with Gasteiger partial charge in [0, 0.05) is 0 Å². The first-order chi connectivity index (χ1) is 15.2. The number of benzene rings is 2. The number of amides is 2. The van der Waals surface area contributed by atoms with Gasteiger partial charge < -0.3 is 20.1 Å². The number of carbonyl (C=O) groups excluding carboxylic acids is 3. The van der Waals surface area contributed by atoms with E-state index in [1.165, 1.54) is 12.1 Å². The van der Waals surface area contributed by atoms with Crippen LogP contribution in [0.2, 0.25) is 0 Å². The van der Waals surface area contributed by atoms with E-state index in [2.05, 4.69) is 15.4 Å². The molecule has 32 heavy (non-hydrogen) atoms. The first kappa shape index (κ1) is 24.8. The van der Waals surface area contributed by atoms with Crippen LogP contribution in [0.4, 0.5) is 4.79 Å². The van der Waals surface area contributed by atoms with Gasteiger partial charge in [-0.3, -0.25) is 8.98 Å². The summed E-state index contributed by atoms with van der Waals surface area (Å²) in [6, 6.07) is 13.4. The molecule has 0 unspecified atom stereocenters. The average molecular weight is 464 g/mol. The number of alkyl carbamates (subject to hydrolysis) is 1. The molecule has 0 radical (unpaired) electrons. The molecule has 0 saturated carbocycles. The monoisotopic (exact) mass is 464 g/mol. The highest BCUT2D eigenvalue weighted by Gasteiger charge is 2.26. The van der Waals surface area contributed by atoms with Crippen molar-refractivity contribution in [2.75, 3.05) is 20.3 Å². The van der Waals surface area contributed by atoms with Gasteiger partial charge in [0.05, 0.1) is 18.6 Å². The van der Waals surface area contributed by atoms with Gasteiger partial charge >= 0.3 is 12.1 Å². The minimum atomic E-state index is -4.16. The van der Waals surface area contributed by atoms with Crippen LogP contribution in [0.15, 0.2) is 59.5 Å². The summed E-state index contributed by atoms with van der Waals surface area (Å²) in [5, 5.41) is 4.49. The maximum atomic E-state index is 12.3. The molecule has 2 N–H and O–H groups in total. The van der Waals surface area contributed by atoms with Gasteiger partial charge in [0.2, 0.25) is 5.91 Å². The fourth-order valence-electron chi connectivity index (χ4n) is 2.41. The first-order valence-electron chi connectivity index (χ1n) is 9.49. The fourth-order valence-corrected chi connectivity index (χ4v) is 3.33. The normalized spacial score (nSPS) is 11.8. The number of carbonyl (C=O) groups is 3. The Morgan fingerprint density at radius 2 is 1.66 bits per heavy atom. The van der Waals surface area contributed by atoms with Crippen molar-refractivity contribution in [2.24, 2.45) is 0 Å². The zero-order valence-corrected chi connectivity index (χ0v) is 18.4. The molecule has 172 valence electrons. The molecule has 1 atom stereocenters. The van der Waals surface area contributed by atoms with E-state index in [4.69, 9.17) is 8.92 Å². The van der Waals surface area contributed by atoms with Gasteiger partial charge in [0.15, 0.2) is 6.04 Å². The highest BCUT2D eigenvalue weighted by molar-refractivity contribution is 7.86. The van der Waals surface area contributed by atoms with E-state index in [1.54, 1.807) is 43.3 Å². The number of hydrogen-bond donors (Lipinski definition) is 2. The van der Waals surface area contributed by atoms with Crippen molar-refractivity contribution in [3.8, 4) is 0 Å². The lowest BCUT2D eigenvalue weighted by atomic mass is 10.2. The van der Waals surface area contributed by atoms with Crippen LogP contribution in [-0.2, 0) is 40.0 Å². The van der Waals surface area contributed by atoms with Gasteiger partial charge in [-0.2, -0.15) is 8.42 Å². The van der Waals surface area contributed by atoms with Gasteiger partial charge in [-0.25, -0.2) is 9.59 Å². The summed E-state index contributed by atoms with van der Waals surface area (Å²) in [6.07, 6.45) is -0.836. The summed E-state index contributed by atoms with van der Waals surface area (Å²) in [7, 11) is -3.08. The number of esters is 1. The fraction of sp³-hybridized carbons (Fsp3) is 0.286. The number of hydrogen-bond acceptors (Lipinski definition) is 8. The predicted molar refractivity (Wildman–Crippen MR) is 113 cm³/mol. The SMILES string of the molecule is COC(=O)[C@H](COS(=O)(=O)c1ccc(C)cc1)NC(=O)CNC(=O)OCc1ccccc1. The number of aryl methyl sites for hydroxylation is 1. The van der Waals surface area contributed by atoms with Crippen LogP contribution in [0.5, 0.6) is 0 Å². The summed E-state index contributed by atoms with van der Waals surface area (Å²) in [4.78, 5) is 35.6. The van der Waals surface area contributed by atoms with E-state index in [0.29, 0.717) is 0 Å². The van der Waals surface area contributed by atoms with Gasteiger partial charge in [0.25, 0.3) is 10.1 Å². The maximum absolute atomic E-state index is 12.3. The number of ether oxygens (including phenoxy) is 2. The quantitative estimate of drug-likeness (QED) is 0.396. The summed E-state index contributed by atoms with van der Waals surface area (Å²) >= 11 is 0. The minimum absolute atomic E-state index is 0.0176. The third-order valence-corrected chi connectivity index (χ3v) is 5.42. The number of nitrogens with one attached hydrogen (secondary N) is 2. The van der Waals surface area contributed by atoms with E-state index in [9.17, 15) is 22.8 Å². The third-order valence-electron chi connectivity index (χ3n) is 4.13. The van der Waals surface area contributed by atoms with Crippen molar-refractivity contribution in [1.29, 1.82) is 0 Å². The predicted octanol–water partition coefficient (Wildman–Crippen LogP) is 1.28. The van der Waals surface area contributed by atoms with Crippen molar-refractivity contribution < 1.29 is 36.5 Å².